The molecular formula is C14H20N2O4S. The summed E-state index contributed by atoms with van der Waals surface area (Å²) in [6.45, 7) is 4.35. The van der Waals surface area contributed by atoms with Gasteiger partial charge in [0.1, 0.15) is 0 Å². The van der Waals surface area contributed by atoms with Gasteiger partial charge in [-0.3, -0.25) is 0 Å². The zero-order chi connectivity index (χ0) is 15.8. The highest BCUT2D eigenvalue weighted by atomic mass is 32.2. The van der Waals surface area contributed by atoms with E-state index in [1.165, 1.54) is 22.5 Å². The van der Waals surface area contributed by atoms with Crippen LogP contribution in [-0.4, -0.2) is 36.4 Å². The number of hydrogen-bond donors (Lipinski definition) is 2. The van der Waals surface area contributed by atoms with Gasteiger partial charge in [0, 0.05) is 18.3 Å². The lowest BCUT2D eigenvalue weighted by Crippen LogP contribution is -2.44. The molecule has 0 amide bonds. The Hall–Kier alpha value is -1.60. The number of carbonyl (C=O) groups is 1. The van der Waals surface area contributed by atoms with Crippen LogP contribution in [0.4, 0.5) is 5.69 Å². The molecule has 6 nitrogen and oxygen atoms in total. The molecule has 1 heterocycles. The van der Waals surface area contributed by atoms with E-state index in [1.807, 2.05) is 6.92 Å². The largest absolute Gasteiger partial charge is 0.478 e. The van der Waals surface area contributed by atoms with Crippen molar-refractivity contribution in [2.75, 3.05) is 12.3 Å². The minimum atomic E-state index is -3.83. The monoisotopic (exact) mass is 312 g/mol. The average Bonchev–Trinajstić information content (AvgIpc) is 2.37. The second-order valence-corrected chi connectivity index (χ2v) is 7.51. The van der Waals surface area contributed by atoms with Gasteiger partial charge in [0.25, 0.3) is 0 Å². The Balaban J connectivity index is 2.47. The van der Waals surface area contributed by atoms with Crippen molar-refractivity contribution in [1.29, 1.82) is 0 Å². The summed E-state index contributed by atoms with van der Waals surface area (Å²) in [5, 5.41) is 9.22. The molecule has 1 aliphatic rings. The van der Waals surface area contributed by atoms with Crippen molar-refractivity contribution in [3.63, 3.8) is 0 Å². The Labute approximate surface area is 124 Å². The first-order valence-electron chi connectivity index (χ1n) is 6.88. The average molecular weight is 312 g/mol. The van der Waals surface area contributed by atoms with Crippen LogP contribution in [0.5, 0.6) is 0 Å². The van der Waals surface area contributed by atoms with Crippen molar-refractivity contribution in [3.8, 4) is 0 Å². The summed E-state index contributed by atoms with van der Waals surface area (Å²) in [6.07, 6.45) is 1.55. The van der Waals surface area contributed by atoms with E-state index < -0.39 is 16.0 Å². The molecule has 3 N–H and O–H groups in total. The summed E-state index contributed by atoms with van der Waals surface area (Å²) in [5.41, 5.74) is 5.51. The summed E-state index contributed by atoms with van der Waals surface area (Å²) in [6, 6.07) is 3.74. The summed E-state index contributed by atoms with van der Waals surface area (Å²) in [4.78, 5) is 11.1. The molecule has 0 aliphatic carbocycles. The number of aromatic carboxylic acids is 1. The standard InChI is InChI=1S/C14H20N2O4S/c1-9-5-6-16(10(2)7-9)21(19,20)13-4-3-11(15)8-12(13)14(17)18/h3-4,8-10H,5-7,15H2,1-2H3,(H,17,18). The molecule has 2 atom stereocenters. The predicted molar refractivity (Wildman–Crippen MR) is 79.6 cm³/mol. The van der Waals surface area contributed by atoms with Gasteiger partial charge in [-0.1, -0.05) is 6.92 Å². The Morgan fingerprint density at radius 1 is 1.38 bits per heavy atom. The minimum Gasteiger partial charge on any atom is -0.478 e. The van der Waals surface area contributed by atoms with Gasteiger partial charge >= 0.3 is 5.97 Å². The van der Waals surface area contributed by atoms with E-state index >= 15 is 0 Å². The van der Waals surface area contributed by atoms with Gasteiger partial charge in [-0.25, -0.2) is 13.2 Å². The number of hydrogen-bond acceptors (Lipinski definition) is 4. The molecule has 0 saturated carbocycles. The number of nitrogens with zero attached hydrogens (tertiary/aromatic N) is 1. The third-order valence-corrected chi connectivity index (χ3v) is 5.97. The topological polar surface area (TPSA) is 101 Å². The van der Waals surface area contributed by atoms with E-state index in [9.17, 15) is 18.3 Å². The van der Waals surface area contributed by atoms with Crippen molar-refractivity contribution >= 4 is 21.7 Å². The normalized spacial score (nSPS) is 23.9. The van der Waals surface area contributed by atoms with Gasteiger partial charge in [-0.2, -0.15) is 4.31 Å². The quantitative estimate of drug-likeness (QED) is 0.828. The Morgan fingerprint density at radius 2 is 2.05 bits per heavy atom. The van der Waals surface area contributed by atoms with E-state index in [-0.39, 0.29) is 22.2 Å². The zero-order valence-electron chi connectivity index (χ0n) is 12.1. The van der Waals surface area contributed by atoms with Crippen molar-refractivity contribution < 1.29 is 18.3 Å². The van der Waals surface area contributed by atoms with E-state index in [1.54, 1.807) is 0 Å². The van der Waals surface area contributed by atoms with Gasteiger partial charge in [0.2, 0.25) is 10.0 Å². The van der Waals surface area contributed by atoms with E-state index in [2.05, 4.69) is 6.92 Å². The van der Waals surface area contributed by atoms with E-state index in [0.717, 1.165) is 12.8 Å². The highest BCUT2D eigenvalue weighted by Crippen LogP contribution is 2.30. The lowest BCUT2D eigenvalue weighted by Gasteiger charge is -2.35. The lowest BCUT2D eigenvalue weighted by molar-refractivity contribution is 0.0692. The van der Waals surface area contributed by atoms with Crippen molar-refractivity contribution in [3.05, 3.63) is 23.8 Å². The van der Waals surface area contributed by atoms with Crippen LogP contribution in [0.2, 0.25) is 0 Å². The molecule has 1 aromatic carbocycles. The number of rotatable bonds is 3. The van der Waals surface area contributed by atoms with Crippen LogP contribution in [0.3, 0.4) is 0 Å². The molecule has 1 aromatic rings. The zero-order valence-corrected chi connectivity index (χ0v) is 12.9. The highest BCUT2D eigenvalue weighted by Gasteiger charge is 2.35. The van der Waals surface area contributed by atoms with Crippen LogP contribution in [0.15, 0.2) is 23.1 Å². The molecule has 0 bridgehead atoms. The summed E-state index contributed by atoms with van der Waals surface area (Å²) >= 11 is 0. The van der Waals surface area contributed by atoms with Crippen molar-refractivity contribution in [2.45, 2.75) is 37.6 Å². The van der Waals surface area contributed by atoms with Crippen LogP contribution in [0, 0.1) is 5.92 Å². The fraction of sp³-hybridized carbons (Fsp3) is 0.500. The Kier molecular flexibility index (Phi) is 4.25. The molecule has 1 fully saturated rings. The smallest absolute Gasteiger partial charge is 0.337 e. The Bertz CT molecular complexity index is 657. The molecule has 116 valence electrons. The molecule has 7 heteroatoms. The second-order valence-electron chi connectivity index (χ2n) is 5.66. The molecular weight excluding hydrogens is 292 g/mol. The molecule has 21 heavy (non-hydrogen) atoms. The number of nitrogen functional groups attached to an aromatic ring is 1. The van der Waals surface area contributed by atoms with Crippen molar-refractivity contribution in [1.82, 2.24) is 4.31 Å². The van der Waals surface area contributed by atoms with Gasteiger partial charge < -0.3 is 10.8 Å². The molecule has 1 aliphatic heterocycles. The maximum atomic E-state index is 12.8. The fourth-order valence-corrected chi connectivity index (χ4v) is 4.63. The number of sulfonamides is 1. The summed E-state index contributed by atoms with van der Waals surface area (Å²) in [7, 11) is -3.83. The van der Waals surface area contributed by atoms with Crippen LogP contribution >= 0.6 is 0 Å². The Morgan fingerprint density at radius 3 is 2.62 bits per heavy atom. The fourth-order valence-electron chi connectivity index (χ4n) is 2.81. The summed E-state index contributed by atoms with van der Waals surface area (Å²) < 4.78 is 26.9. The van der Waals surface area contributed by atoms with Crippen LogP contribution < -0.4 is 5.73 Å². The number of nitrogens with two attached hydrogens (primary N) is 1. The van der Waals surface area contributed by atoms with Crippen LogP contribution in [0.25, 0.3) is 0 Å². The van der Waals surface area contributed by atoms with Gasteiger partial charge in [-0.15, -0.1) is 0 Å². The number of carboxylic acids is 1. The first-order valence-corrected chi connectivity index (χ1v) is 8.32. The summed E-state index contributed by atoms with van der Waals surface area (Å²) in [5.74, 6) is -0.823. The number of benzene rings is 1. The number of anilines is 1. The highest BCUT2D eigenvalue weighted by molar-refractivity contribution is 7.89. The molecule has 1 saturated heterocycles. The molecule has 0 spiro atoms. The predicted octanol–water partition coefficient (Wildman–Crippen LogP) is 1.78. The molecule has 2 unspecified atom stereocenters. The maximum absolute atomic E-state index is 12.8. The molecule has 0 aromatic heterocycles. The first kappa shape index (κ1) is 15.8. The van der Waals surface area contributed by atoms with Crippen LogP contribution in [-0.2, 0) is 10.0 Å². The van der Waals surface area contributed by atoms with Crippen LogP contribution in [0.1, 0.15) is 37.0 Å². The maximum Gasteiger partial charge on any atom is 0.337 e. The molecule has 0 radical (unpaired) electrons. The van der Waals surface area contributed by atoms with E-state index in [0.29, 0.717) is 12.5 Å². The first-order chi connectivity index (χ1) is 9.73. The lowest BCUT2D eigenvalue weighted by atomic mass is 9.95. The number of carboxylic acid groups (broad SMARTS) is 1. The third-order valence-electron chi connectivity index (χ3n) is 3.90. The van der Waals surface area contributed by atoms with Gasteiger partial charge in [0.15, 0.2) is 0 Å². The van der Waals surface area contributed by atoms with Crippen molar-refractivity contribution in [2.24, 2.45) is 5.92 Å². The minimum absolute atomic E-state index is 0.141. The SMILES string of the molecule is CC1CCN(S(=O)(=O)c2ccc(N)cc2C(=O)O)C(C)C1. The second kappa shape index (κ2) is 5.65. The van der Waals surface area contributed by atoms with Gasteiger partial charge in [-0.05, 0) is 43.9 Å². The molecule has 2 rings (SSSR count). The van der Waals surface area contributed by atoms with E-state index in [4.69, 9.17) is 5.73 Å². The van der Waals surface area contributed by atoms with Gasteiger partial charge in [0.05, 0.1) is 10.5 Å². The number of piperidine rings is 1. The third kappa shape index (κ3) is 3.03.